The fourth-order valence-corrected chi connectivity index (χ4v) is 2.51. The molecule has 1 aliphatic carbocycles. The average molecular weight is 292 g/mol. The van der Waals surface area contributed by atoms with Crippen LogP contribution in [0.25, 0.3) is 0 Å². The quantitative estimate of drug-likeness (QED) is 0.495. The van der Waals surface area contributed by atoms with Crippen LogP contribution in [0.2, 0.25) is 0 Å². The van der Waals surface area contributed by atoms with E-state index in [0.717, 1.165) is 18.4 Å². The predicted octanol–water partition coefficient (Wildman–Crippen LogP) is 2.40. The summed E-state index contributed by atoms with van der Waals surface area (Å²) < 4.78 is 5.24. The van der Waals surface area contributed by atoms with Gasteiger partial charge in [-0.2, -0.15) is 0 Å². The number of methoxy groups -OCH3 is 1. The van der Waals surface area contributed by atoms with E-state index in [4.69, 9.17) is 17.0 Å². The summed E-state index contributed by atoms with van der Waals surface area (Å²) in [5, 5.41) is 9.32. The van der Waals surface area contributed by atoms with Crippen molar-refractivity contribution in [2.75, 3.05) is 7.11 Å². The number of carboxylic acid groups (broad SMARTS) is 1. The Morgan fingerprint density at radius 1 is 1.40 bits per heavy atom. The summed E-state index contributed by atoms with van der Waals surface area (Å²) in [7, 11) is 1.50. The molecule has 0 radical (unpaired) electrons. The van der Waals surface area contributed by atoms with Crippen LogP contribution in [-0.2, 0) is 9.59 Å². The first-order chi connectivity index (χ1) is 9.45. The van der Waals surface area contributed by atoms with E-state index in [9.17, 15) is 14.7 Å². The third kappa shape index (κ3) is 2.88. The number of ether oxygens (including phenoxy) is 1. The molecule has 1 fully saturated rings. The maximum atomic E-state index is 12.1. The van der Waals surface area contributed by atoms with Crippen molar-refractivity contribution < 1.29 is 19.4 Å². The number of thiocarbonyl (C=S) groups is 1. The fourth-order valence-electron chi connectivity index (χ4n) is 2.12. The molecule has 20 heavy (non-hydrogen) atoms. The normalized spacial score (nSPS) is 15.5. The molecule has 1 atom stereocenters. The van der Waals surface area contributed by atoms with Gasteiger partial charge in [-0.05, 0) is 37.5 Å². The van der Waals surface area contributed by atoms with Crippen molar-refractivity contribution in [1.82, 2.24) is 0 Å². The number of carboxylic acids is 1. The Labute approximate surface area is 122 Å². The second-order valence-electron chi connectivity index (χ2n) is 5.02. The maximum absolute atomic E-state index is 12.1. The molecular weight excluding hydrogens is 276 g/mol. The summed E-state index contributed by atoms with van der Waals surface area (Å²) >= 11 is 5.26. The van der Waals surface area contributed by atoms with Gasteiger partial charge in [-0.15, -0.1) is 0 Å². The van der Waals surface area contributed by atoms with E-state index in [2.05, 4.69) is 0 Å². The van der Waals surface area contributed by atoms with Gasteiger partial charge in [0.25, 0.3) is 0 Å². The Morgan fingerprint density at radius 2 is 2.05 bits per heavy atom. The lowest BCUT2D eigenvalue weighted by Gasteiger charge is -2.15. The topological polar surface area (TPSA) is 63.6 Å². The number of aryl methyl sites for hydroxylation is 1. The number of rotatable bonds is 6. The van der Waals surface area contributed by atoms with Gasteiger partial charge in [0.1, 0.15) is 5.75 Å². The minimum atomic E-state index is -1.26. The van der Waals surface area contributed by atoms with E-state index in [-0.39, 0.29) is 16.6 Å². The molecule has 1 unspecified atom stereocenters. The molecule has 0 bridgehead atoms. The largest absolute Gasteiger partial charge is 0.496 e. The summed E-state index contributed by atoms with van der Waals surface area (Å²) in [5.41, 5.74) is 1.49. The van der Waals surface area contributed by atoms with E-state index < -0.39 is 11.9 Å². The third-order valence-electron chi connectivity index (χ3n) is 3.40. The molecule has 0 aromatic heterocycles. The van der Waals surface area contributed by atoms with Crippen molar-refractivity contribution in [2.45, 2.75) is 19.8 Å². The lowest BCUT2D eigenvalue weighted by Crippen LogP contribution is -2.32. The minimum absolute atomic E-state index is 0.131. The molecule has 1 aromatic rings. The van der Waals surface area contributed by atoms with E-state index in [0.29, 0.717) is 11.3 Å². The van der Waals surface area contributed by atoms with Crippen molar-refractivity contribution in [3.8, 4) is 5.75 Å². The van der Waals surface area contributed by atoms with Crippen LogP contribution in [0.3, 0.4) is 0 Å². The number of ketones is 1. The Morgan fingerprint density at radius 3 is 2.55 bits per heavy atom. The summed E-state index contributed by atoms with van der Waals surface area (Å²) in [4.78, 5) is 23.7. The first-order valence-corrected chi connectivity index (χ1v) is 6.82. The Bertz CT molecular complexity index is 575. The van der Waals surface area contributed by atoms with Gasteiger partial charge in [0.05, 0.1) is 7.11 Å². The fraction of sp³-hybridized carbons (Fsp3) is 0.400. The van der Waals surface area contributed by atoms with Gasteiger partial charge < -0.3 is 9.84 Å². The van der Waals surface area contributed by atoms with E-state index in [1.165, 1.54) is 7.11 Å². The number of hydrogen-bond acceptors (Lipinski definition) is 4. The zero-order chi connectivity index (χ0) is 14.9. The first kappa shape index (κ1) is 14.7. The summed E-state index contributed by atoms with van der Waals surface area (Å²) in [6, 6.07) is 5.32. The molecule has 0 saturated heterocycles. The molecule has 106 valence electrons. The van der Waals surface area contributed by atoms with Gasteiger partial charge in [0.2, 0.25) is 0 Å². The number of hydrogen-bond donors (Lipinski definition) is 1. The number of benzene rings is 1. The molecular formula is C15H16O4S. The first-order valence-electron chi connectivity index (χ1n) is 6.41. The standard InChI is InChI=1S/C15H16O4S/c1-8-3-6-10(11(7-8)19-2)14(20)12(15(17)18)13(16)9-4-5-9/h3,6-7,9,12H,4-5H2,1-2H3,(H,17,18). The molecule has 4 nitrogen and oxygen atoms in total. The zero-order valence-corrected chi connectivity index (χ0v) is 12.2. The lowest BCUT2D eigenvalue weighted by atomic mass is 9.91. The Balaban J connectivity index is 2.36. The Hall–Kier alpha value is -1.75. The summed E-state index contributed by atoms with van der Waals surface area (Å²) in [6.07, 6.45) is 1.52. The summed E-state index contributed by atoms with van der Waals surface area (Å²) in [6.45, 7) is 1.90. The highest BCUT2D eigenvalue weighted by Gasteiger charge is 2.41. The van der Waals surface area contributed by atoms with Crippen LogP contribution in [0.4, 0.5) is 0 Å². The molecule has 1 N–H and O–H groups in total. The van der Waals surface area contributed by atoms with Gasteiger partial charge in [0, 0.05) is 16.3 Å². The van der Waals surface area contributed by atoms with Crippen LogP contribution in [0.15, 0.2) is 18.2 Å². The molecule has 0 aliphatic heterocycles. The van der Waals surface area contributed by atoms with Crippen molar-refractivity contribution in [1.29, 1.82) is 0 Å². The number of carbonyl (C=O) groups excluding carboxylic acids is 1. The van der Waals surface area contributed by atoms with Crippen LogP contribution >= 0.6 is 12.2 Å². The highest BCUT2D eigenvalue weighted by Crippen LogP contribution is 2.34. The van der Waals surface area contributed by atoms with Gasteiger partial charge >= 0.3 is 5.97 Å². The van der Waals surface area contributed by atoms with Crippen molar-refractivity contribution in [2.24, 2.45) is 11.8 Å². The molecule has 1 aromatic carbocycles. The predicted molar refractivity (Wildman–Crippen MR) is 78.3 cm³/mol. The van der Waals surface area contributed by atoms with E-state index in [1.54, 1.807) is 12.1 Å². The monoisotopic (exact) mass is 292 g/mol. The van der Waals surface area contributed by atoms with Gasteiger partial charge in [-0.1, -0.05) is 18.3 Å². The second-order valence-corrected chi connectivity index (χ2v) is 5.46. The smallest absolute Gasteiger partial charge is 0.319 e. The van der Waals surface area contributed by atoms with Gasteiger partial charge in [-0.3, -0.25) is 9.59 Å². The second kappa shape index (κ2) is 5.71. The van der Waals surface area contributed by atoms with Crippen LogP contribution in [0, 0.1) is 18.8 Å². The van der Waals surface area contributed by atoms with Gasteiger partial charge in [0.15, 0.2) is 11.7 Å². The average Bonchev–Trinajstić information content (AvgIpc) is 3.22. The number of aliphatic carboxylic acids is 1. The highest BCUT2D eigenvalue weighted by atomic mass is 32.1. The highest BCUT2D eigenvalue weighted by molar-refractivity contribution is 7.81. The minimum Gasteiger partial charge on any atom is -0.496 e. The maximum Gasteiger partial charge on any atom is 0.319 e. The van der Waals surface area contributed by atoms with Crippen LogP contribution < -0.4 is 4.74 Å². The SMILES string of the molecule is COc1cc(C)ccc1C(=S)C(C(=O)O)C(=O)C1CC1. The van der Waals surface area contributed by atoms with Crippen molar-refractivity contribution in [3.63, 3.8) is 0 Å². The molecule has 0 amide bonds. The third-order valence-corrected chi connectivity index (χ3v) is 3.85. The van der Waals surface area contributed by atoms with Crippen molar-refractivity contribution >= 4 is 28.8 Å². The van der Waals surface area contributed by atoms with E-state index in [1.807, 2.05) is 13.0 Å². The molecule has 1 saturated carbocycles. The molecule has 0 spiro atoms. The lowest BCUT2D eigenvalue weighted by molar-refractivity contribution is -0.143. The molecule has 1 aliphatic rings. The zero-order valence-electron chi connectivity index (χ0n) is 11.4. The van der Waals surface area contributed by atoms with Gasteiger partial charge in [-0.25, -0.2) is 0 Å². The summed E-state index contributed by atoms with van der Waals surface area (Å²) in [5.74, 6) is -2.37. The van der Waals surface area contributed by atoms with Crippen LogP contribution in [0.5, 0.6) is 5.75 Å². The number of Topliss-reactive ketones (excluding diaryl/α,β-unsaturated/α-hetero) is 1. The van der Waals surface area contributed by atoms with Crippen LogP contribution in [-0.4, -0.2) is 28.8 Å². The van der Waals surface area contributed by atoms with Crippen molar-refractivity contribution in [3.05, 3.63) is 29.3 Å². The van der Waals surface area contributed by atoms with Crippen LogP contribution in [0.1, 0.15) is 24.0 Å². The molecule has 0 heterocycles. The number of carbonyl (C=O) groups is 2. The van der Waals surface area contributed by atoms with E-state index >= 15 is 0 Å². The molecule has 5 heteroatoms. The Kier molecular flexibility index (Phi) is 4.18. The molecule has 2 rings (SSSR count).